The molecule has 5 nitrogen and oxygen atoms in total. The van der Waals surface area contributed by atoms with E-state index in [4.69, 9.17) is 13.6 Å². The Balaban J connectivity index is 0.000000107. The Hall–Kier alpha value is -17.1. The van der Waals surface area contributed by atoms with Gasteiger partial charge in [-0.25, -0.2) is 0 Å². The van der Waals surface area contributed by atoms with Gasteiger partial charge in [0.1, 0.15) is 34.0 Å². The fraction of sp³-hybridized carbons (Fsp3) is 0.0462. The highest BCUT2D eigenvalue weighted by atomic mass is 16.5. The molecule has 4 aliphatic rings. The molecule has 5 heteroatoms. The molecule has 0 bridgehead atoms. The molecule has 0 spiro atoms. The maximum Gasteiger partial charge on any atom is 0.143 e. The van der Waals surface area contributed by atoms with Crippen molar-refractivity contribution in [2.75, 3.05) is 4.90 Å². The Morgan fingerprint density at radius 3 is 1.54 bits per heavy atom. The molecular weight excluding hydrogens is 1640 g/mol. The second-order valence-corrected chi connectivity index (χ2v) is 37.2. The number of nitrogens with zero attached hydrogens (tertiary/aromatic N) is 2. The Labute approximate surface area is 783 Å². The summed E-state index contributed by atoms with van der Waals surface area (Å²) in [7, 11) is 0. The number of para-hydroxylation sites is 7. The zero-order valence-corrected chi connectivity index (χ0v) is 75.0. The lowest BCUT2D eigenvalue weighted by Crippen LogP contribution is -2.20. The molecule has 135 heavy (non-hydrogen) atoms. The van der Waals surface area contributed by atoms with Crippen molar-refractivity contribution in [1.29, 1.82) is 0 Å². The number of fused-ring (bicyclic) bond motifs is 28. The molecule has 0 atom stereocenters. The number of anilines is 3. The molecule has 24 aromatic rings. The third-order valence-electron chi connectivity index (χ3n) is 28.8. The lowest BCUT2D eigenvalue weighted by molar-refractivity contribution is 0.487. The first kappa shape index (κ1) is 78.9. The van der Waals surface area contributed by atoms with Crippen molar-refractivity contribution >= 4 is 115 Å². The van der Waals surface area contributed by atoms with Gasteiger partial charge in [-0.2, -0.15) is 0 Å². The Morgan fingerprint density at radius 2 is 0.733 bits per heavy atom. The minimum atomic E-state index is -0.288. The van der Waals surface area contributed by atoms with E-state index in [9.17, 15) is 0 Å². The highest BCUT2D eigenvalue weighted by Crippen LogP contribution is 2.61. The maximum absolute atomic E-state index is 6.84. The molecule has 0 N–H and O–H groups in total. The van der Waals surface area contributed by atoms with E-state index in [-0.39, 0.29) is 10.8 Å². The molecule has 28 rings (SSSR count). The van der Waals surface area contributed by atoms with E-state index in [1.165, 1.54) is 166 Å². The molecule has 636 valence electrons. The summed E-state index contributed by atoms with van der Waals surface area (Å²) in [6.45, 7) is 9.47. The van der Waals surface area contributed by atoms with Gasteiger partial charge in [0.25, 0.3) is 0 Å². The van der Waals surface area contributed by atoms with Gasteiger partial charge in [0.2, 0.25) is 0 Å². The standard InChI is InChI=1S/C51H34O2.C43H31N.C36H23NO/c1-51(2)44-19-7-5-16-42(44)50-48(43-29-35(24-26-47(43)53-50)34-22-21-31-11-3-4-12-32(31)27-34)41-25-23-36(30-45(41)51)33-13-9-14-37(28-33)38-17-10-18-40-39-15-6-8-20-46(39)52-49(38)40;1-43(2)38-23-10-7-20-34(38)41-35-21-8-11-24-39(35)44(40-25-12-9-22-36(40)42(41)43)30-16-13-15-28(26-30)37-27-29-14-3-4-17-31(29)32-18-5-6-19-33(32)37;1-2-15-27-24(11-1)12-10-19-28(27)25-13-9-14-26(23-25)37-32-20-6-3-16-29(32)35-30-17-4-7-21-33(30)38-34-22-8-5-18-31(34)36(35)37/h3-30H,1-2H3;3-27H,1-2H3;1-23H. The fourth-order valence-electron chi connectivity index (χ4n) is 22.6. The van der Waals surface area contributed by atoms with Gasteiger partial charge in [-0.15, -0.1) is 0 Å². The van der Waals surface area contributed by atoms with Crippen LogP contribution in [0.3, 0.4) is 0 Å². The predicted molar refractivity (Wildman–Crippen MR) is 564 cm³/mol. The van der Waals surface area contributed by atoms with E-state index in [1.54, 1.807) is 0 Å². The average Bonchev–Trinajstić information content (AvgIpc) is 1.55. The Bertz CT molecular complexity index is 9070. The molecular formula is C130H88N2O3. The Morgan fingerprint density at radius 1 is 0.230 bits per heavy atom. The molecule has 2 aliphatic carbocycles. The van der Waals surface area contributed by atoms with E-state index in [0.29, 0.717) is 0 Å². The van der Waals surface area contributed by atoms with Crippen LogP contribution in [0.25, 0.3) is 204 Å². The summed E-state index contributed by atoms with van der Waals surface area (Å²) in [6, 6.07) is 167. The smallest absolute Gasteiger partial charge is 0.143 e. The minimum absolute atomic E-state index is 0.128. The number of benzene rings is 21. The van der Waals surface area contributed by atoms with Crippen molar-refractivity contribution in [3.05, 3.63) is 494 Å². The normalized spacial score (nSPS) is 13.3. The minimum Gasteiger partial charge on any atom is -0.456 e. The van der Waals surface area contributed by atoms with E-state index < -0.39 is 0 Å². The molecule has 0 saturated carbocycles. The monoisotopic (exact) mass is 1720 g/mol. The molecule has 0 radical (unpaired) electrons. The first-order chi connectivity index (χ1) is 66.5. The van der Waals surface area contributed by atoms with E-state index in [0.717, 1.165) is 101 Å². The van der Waals surface area contributed by atoms with Crippen molar-refractivity contribution < 1.29 is 13.6 Å². The molecule has 0 fully saturated rings. The van der Waals surface area contributed by atoms with Gasteiger partial charge in [0.15, 0.2) is 0 Å². The van der Waals surface area contributed by atoms with Gasteiger partial charge < -0.3 is 23.0 Å². The van der Waals surface area contributed by atoms with Crippen LogP contribution >= 0.6 is 0 Å². The van der Waals surface area contributed by atoms with Crippen LogP contribution in [0.2, 0.25) is 0 Å². The van der Waals surface area contributed by atoms with Crippen LogP contribution < -0.4 is 9.64 Å². The number of allylic oxidation sites excluding steroid dienone is 1. The van der Waals surface area contributed by atoms with Crippen LogP contribution in [0.1, 0.15) is 61.1 Å². The van der Waals surface area contributed by atoms with E-state index in [1.807, 2.05) is 24.3 Å². The molecule has 2 aliphatic heterocycles. The first-order valence-electron chi connectivity index (χ1n) is 46.7. The van der Waals surface area contributed by atoms with Crippen LogP contribution in [-0.4, -0.2) is 4.57 Å². The number of hydrogen-bond donors (Lipinski definition) is 0. The summed E-state index contributed by atoms with van der Waals surface area (Å²) in [4.78, 5) is 2.48. The van der Waals surface area contributed by atoms with Crippen LogP contribution in [0.4, 0.5) is 17.1 Å². The predicted octanol–water partition coefficient (Wildman–Crippen LogP) is 36.0. The number of aromatic nitrogens is 1. The van der Waals surface area contributed by atoms with Gasteiger partial charge in [0, 0.05) is 88.3 Å². The van der Waals surface area contributed by atoms with Crippen molar-refractivity contribution in [1.82, 2.24) is 4.57 Å². The number of furan rings is 2. The van der Waals surface area contributed by atoms with Crippen LogP contribution in [0.15, 0.2) is 470 Å². The second-order valence-electron chi connectivity index (χ2n) is 37.2. The molecule has 21 aromatic carbocycles. The molecule has 0 unspecified atom stereocenters. The lowest BCUT2D eigenvalue weighted by atomic mass is 9.74. The second kappa shape index (κ2) is 31.3. The number of rotatable bonds is 7. The molecule has 5 heterocycles. The van der Waals surface area contributed by atoms with Crippen LogP contribution in [0.5, 0.6) is 11.5 Å². The van der Waals surface area contributed by atoms with Crippen molar-refractivity contribution in [2.45, 2.75) is 38.5 Å². The molecule has 3 aromatic heterocycles. The van der Waals surface area contributed by atoms with Gasteiger partial charge in [-0.3, -0.25) is 0 Å². The van der Waals surface area contributed by atoms with E-state index >= 15 is 0 Å². The van der Waals surface area contributed by atoms with Gasteiger partial charge in [0.05, 0.1) is 22.6 Å². The summed E-state index contributed by atoms with van der Waals surface area (Å²) in [5.41, 5.74) is 38.8. The quantitative estimate of drug-likeness (QED) is 0.149. The van der Waals surface area contributed by atoms with Crippen LogP contribution in [0, 0.1) is 0 Å². The fourth-order valence-corrected chi connectivity index (χ4v) is 22.6. The maximum atomic E-state index is 6.84. The summed E-state index contributed by atoms with van der Waals surface area (Å²) in [5.74, 6) is 2.69. The highest BCUT2D eigenvalue weighted by Gasteiger charge is 2.44. The summed E-state index contributed by atoms with van der Waals surface area (Å²) >= 11 is 0. The van der Waals surface area contributed by atoms with Crippen molar-refractivity contribution in [3.8, 4) is 118 Å². The zero-order chi connectivity index (χ0) is 89.7. The third-order valence-corrected chi connectivity index (χ3v) is 28.8. The summed E-state index contributed by atoms with van der Waals surface area (Å²) in [6.07, 6.45) is 0. The Kier molecular flexibility index (Phi) is 18.3. The number of ether oxygens (including phenoxy) is 1. The number of hydrogen-bond acceptors (Lipinski definition) is 4. The first-order valence-corrected chi connectivity index (χ1v) is 46.7. The van der Waals surface area contributed by atoms with Gasteiger partial charge >= 0.3 is 0 Å². The zero-order valence-electron chi connectivity index (χ0n) is 75.0. The SMILES string of the molecule is CC1(C)C2=C(c3ccccc3N(c3cccc(-c4cc5ccccc5c5ccccc45)c3)c3ccccc32)c2ccccc21.CC1(C)c2ccccc2-c2oc3ccc(-c4ccc5ccccc5c4)cc3c2-c2ccc(-c3cccc(-c4cccc5c4oc4ccccc45)c3)cc21.c1cc(-c2cccc3ccccc23)cc(-n2c3c(c4ccccc42)-c2ccccc2Oc2ccccc2-3)c1. The molecule has 0 saturated heterocycles. The topological polar surface area (TPSA) is 43.7 Å². The van der Waals surface area contributed by atoms with Crippen molar-refractivity contribution in [3.63, 3.8) is 0 Å². The largest absolute Gasteiger partial charge is 0.456 e. The average molecular weight is 1730 g/mol. The van der Waals surface area contributed by atoms with E-state index in [2.05, 4.69) is 474 Å². The lowest BCUT2D eigenvalue weighted by Gasteiger charge is -2.31. The summed E-state index contributed by atoms with van der Waals surface area (Å²) < 4.78 is 22.2. The van der Waals surface area contributed by atoms with Gasteiger partial charge in [-0.1, -0.05) is 386 Å². The third kappa shape index (κ3) is 12.7. The highest BCUT2D eigenvalue weighted by molar-refractivity contribution is 6.18. The molecule has 0 amide bonds. The van der Waals surface area contributed by atoms with Crippen LogP contribution in [-0.2, 0) is 10.8 Å². The van der Waals surface area contributed by atoms with Gasteiger partial charge in [-0.05, 0) is 235 Å². The summed E-state index contributed by atoms with van der Waals surface area (Å²) in [5, 5.41) is 14.7. The van der Waals surface area contributed by atoms with Crippen molar-refractivity contribution in [2.24, 2.45) is 0 Å².